The van der Waals surface area contributed by atoms with Crippen LogP contribution in [0, 0.1) is 0 Å². The Morgan fingerprint density at radius 3 is 2.36 bits per heavy atom. The SMILES string of the molecule is CCOC(=O)C(Cc1ccc(OCCOC2CCCCO2)cc1)Oc1ccc(C(C)C)cc1. The van der Waals surface area contributed by atoms with Gasteiger partial charge in [-0.3, -0.25) is 0 Å². The first-order chi connectivity index (χ1) is 16.0. The molecule has 2 aromatic rings. The third-order valence-electron chi connectivity index (χ3n) is 5.51. The van der Waals surface area contributed by atoms with Gasteiger partial charge in [0.2, 0.25) is 0 Å². The Morgan fingerprint density at radius 1 is 1.00 bits per heavy atom. The van der Waals surface area contributed by atoms with E-state index in [0.29, 0.717) is 37.9 Å². The molecule has 2 aromatic carbocycles. The predicted octanol–water partition coefficient (Wildman–Crippen LogP) is 5.29. The van der Waals surface area contributed by atoms with Crippen molar-refractivity contribution in [2.75, 3.05) is 26.4 Å². The third kappa shape index (κ3) is 8.37. The summed E-state index contributed by atoms with van der Waals surface area (Å²) >= 11 is 0. The van der Waals surface area contributed by atoms with Crippen molar-refractivity contribution < 1.29 is 28.5 Å². The molecule has 1 fully saturated rings. The molecule has 180 valence electrons. The predicted molar refractivity (Wildman–Crippen MR) is 127 cm³/mol. The van der Waals surface area contributed by atoms with Crippen molar-refractivity contribution in [2.24, 2.45) is 0 Å². The van der Waals surface area contributed by atoms with Gasteiger partial charge in [0.1, 0.15) is 18.1 Å². The van der Waals surface area contributed by atoms with Crippen molar-refractivity contribution in [1.29, 1.82) is 0 Å². The Bertz CT molecular complexity index is 825. The summed E-state index contributed by atoms with van der Waals surface area (Å²) in [5, 5.41) is 0. The molecule has 6 heteroatoms. The van der Waals surface area contributed by atoms with Crippen LogP contribution in [0.5, 0.6) is 11.5 Å². The van der Waals surface area contributed by atoms with Crippen LogP contribution in [-0.4, -0.2) is 44.8 Å². The summed E-state index contributed by atoms with van der Waals surface area (Å²) in [6.07, 6.45) is 2.78. The van der Waals surface area contributed by atoms with Crippen LogP contribution < -0.4 is 9.47 Å². The lowest BCUT2D eigenvalue weighted by Gasteiger charge is -2.22. The van der Waals surface area contributed by atoms with Crippen molar-refractivity contribution >= 4 is 5.97 Å². The molecule has 2 atom stereocenters. The average molecular weight is 457 g/mol. The van der Waals surface area contributed by atoms with E-state index in [2.05, 4.69) is 13.8 Å². The van der Waals surface area contributed by atoms with Gasteiger partial charge >= 0.3 is 5.97 Å². The highest BCUT2D eigenvalue weighted by molar-refractivity contribution is 5.75. The van der Waals surface area contributed by atoms with Gasteiger partial charge in [-0.2, -0.15) is 0 Å². The minimum atomic E-state index is -0.717. The topological polar surface area (TPSA) is 63.2 Å². The molecule has 0 N–H and O–H groups in total. The van der Waals surface area contributed by atoms with E-state index in [-0.39, 0.29) is 12.3 Å². The first kappa shape index (κ1) is 25.1. The zero-order chi connectivity index (χ0) is 23.5. The highest BCUT2D eigenvalue weighted by Gasteiger charge is 2.23. The molecule has 0 saturated carbocycles. The summed E-state index contributed by atoms with van der Waals surface area (Å²) in [5.74, 6) is 1.48. The van der Waals surface area contributed by atoms with Crippen LogP contribution in [0.3, 0.4) is 0 Å². The summed E-state index contributed by atoms with van der Waals surface area (Å²) in [7, 11) is 0. The van der Waals surface area contributed by atoms with Crippen LogP contribution in [0.1, 0.15) is 57.1 Å². The molecular formula is C27H36O6. The van der Waals surface area contributed by atoms with E-state index in [4.69, 9.17) is 23.7 Å². The standard InChI is InChI=1S/C27H36O6/c1-4-29-27(28)25(33-24-14-10-22(11-15-24)20(2)3)19-21-8-12-23(13-9-21)30-17-18-32-26-7-5-6-16-31-26/h8-15,20,25-26H,4-7,16-19H2,1-3H3. The Labute approximate surface area is 197 Å². The van der Waals surface area contributed by atoms with E-state index in [1.165, 1.54) is 5.56 Å². The van der Waals surface area contributed by atoms with Gasteiger partial charge in [0, 0.05) is 13.0 Å². The lowest BCUT2D eigenvalue weighted by atomic mass is 10.0. The number of carbonyl (C=O) groups excluding carboxylic acids is 1. The maximum absolute atomic E-state index is 12.5. The van der Waals surface area contributed by atoms with Crippen LogP contribution in [0.15, 0.2) is 48.5 Å². The summed E-state index contributed by atoms with van der Waals surface area (Å²) in [6, 6.07) is 15.5. The molecule has 1 aliphatic rings. The Kier molecular flexibility index (Phi) is 10.0. The van der Waals surface area contributed by atoms with Crippen molar-refractivity contribution in [2.45, 2.75) is 64.8 Å². The van der Waals surface area contributed by atoms with Gasteiger partial charge < -0.3 is 23.7 Å². The maximum Gasteiger partial charge on any atom is 0.347 e. The summed E-state index contributed by atoms with van der Waals surface area (Å²) < 4.78 is 28.2. The van der Waals surface area contributed by atoms with Crippen molar-refractivity contribution in [1.82, 2.24) is 0 Å². The molecule has 1 heterocycles. The third-order valence-corrected chi connectivity index (χ3v) is 5.51. The lowest BCUT2D eigenvalue weighted by Crippen LogP contribution is -2.31. The van der Waals surface area contributed by atoms with Crippen LogP contribution in [0.2, 0.25) is 0 Å². The largest absolute Gasteiger partial charge is 0.491 e. The second-order valence-corrected chi connectivity index (χ2v) is 8.45. The summed E-state index contributed by atoms with van der Waals surface area (Å²) in [4.78, 5) is 12.5. The molecule has 1 aliphatic heterocycles. The molecule has 0 aromatic heterocycles. The Balaban J connectivity index is 1.51. The van der Waals surface area contributed by atoms with E-state index < -0.39 is 6.10 Å². The number of hydrogen-bond acceptors (Lipinski definition) is 6. The molecular weight excluding hydrogens is 420 g/mol. The van der Waals surface area contributed by atoms with E-state index in [1.807, 2.05) is 48.5 Å². The molecule has 2 unspecified atom stereocenters. The molecule has 3 rings (SSSR count). The van der Waals surface area contributed by atoms with Crippen molar-refractivity contribution in [3.63, 3.8) is 0 Å². The smallest absolute Gasteiger partial charge is 0.347 e. The molecule has 0 aliphatic carbocycles. The first-order valence-corrected chi connectivity index (χ1v) is 11.9. The van der Waals surface area contributed by atoms with Gasteiger partial charge in [-0.1, -0.05) is 38.1 Å². The molecule has 6 nitrogen and oxygen atoms in total. The van der Waals surface area contributed by atoms with Crippen molar-refractivity contribution in [3.05, 3.63) is 59.7 Å². The van der Waals surface area contributed by atoms with Gasteiger partial charge in [0.05, 0.1) is 13.2 Å². The number of benzene rings is 2. The fourth-order valence-electron chi connectivity index (χ4n) is 3.62. The lowest BCUT2D eigenvalue weighted by molar-refractivity contribution is -0.165. The monoisotopic (exact) mass is 456 g/mol. The van der Waals surface area contributed by atoms with Crippen LogP contribution >= 0.6 is 0 Å². The summed E-state index contributed by atoms with van der Waals surface area (Å²) in [5.41, 5.74) is 2.19. The summed E-state index contributed by atoms with van der Waals surface area (Å²) in [6.45, 7) is 8.10. The molecule has 33 heavy (non-hydrogen) atoms. The van der Waals surface area contributed by atoms with Gasteiger partial charge in [0.15, 0.2) is 12.4 Å². The average Bonchev–Trinajstić information content (AvgIpc) is 2.83. The normalized spacial score (nSPS) is 16.9. The number of hydrogen-bond donors (Lipinski definition) is 0. The molecule has 1 saturated heterocycles. The van der Waals surface area contributed by atoms with Gasteiger partial charge in [-0.05, 0) is 67.5 Å². The Hall–Kier alpha value is -2.57. The zero-order valence-corrected chi connectivity index (χ0v) is 20.0. The van der Waals surface area contributed by atoms with Gasteiger partial charge in [-0.15, -0.1) is 0 Å². The second kappa shape index (κ2) is 13.2. The highest BCUT2D eigenvalue weighted by atomic mass is 16.7. The van der Waals surface area contributed by atoms with Crippen LogP contribution in [0.25, 0.3) is 0 Å². The molecule has 0 bridgehead atoms. The van der Waals surface area contributed by atoms with E-state index >= 15 is 0 Å². The second-order valence-electron chi connectivity index (χ2n) is 8.45. The minimum absolute atomic E-state index is 0.105. The number of carbonyl (C=O) groups is 1. The fraction of sp³-hybridized carbons (Fsp3) is 0.519. The van der Waals surface area contributed by atoms with E-state index in [9.17, 15) is 4.79 Å². The van der Waals surface area contributed by atoms with Crippen LogP contribution in [-0.2, 0) is 25.4 Å². The number of rotatable bonds is 12. The van der Waals surface area contributed by atoms with Gasteiger partial charge in [0.25, 0.3) is 0 Å². The first-order valence-electron chi connectivity index (χ1n) is 11.9. The van der Waals surface area contributed by atoms with E-state index in [0.717, 1.165) is 37.2 Å². The van der Waals surface area contributed by atoms with Crippen molar-refractivity contribution in [3.8, 4) is 11.5 Å². The maximum atomic E-state index is 12.5. The number of ether oxygens (including phenoxy) is 5. The zero-order valence-electron chi connectivity index (χ0n) is 20.0. The van der Waals surface area contributed by atoms with Gasteiger partial charge in [-0.25, -0.2) is 4.79 Å². The highest BCUT2D eigenvalue weighted by Crippen LogP contribution is 2.21. The Morgan fingerprint density at radius 2 is 1.73 bits per heavy atom. The van der Waals surface area contributed by atoms with E-state index in [1.54, 1.807) is 6.92 Å². The van der Waals surface area contributed by atoms with Crippen LogP contribution in [0.4, 0.5) is 0 Å². The minimum Gasteiger partial charge on any atom is -0.491 e. The quantitative estimate of drug-likeness (QED) is 0.320. The molecule has 0 spiro atoms. The molecule has 0 amide bonds. The number of esters is 1. The fourth-order valence-corrected chi connectivity index (χ4v) is 3.62. The molecule has 0 radical (unpaired) electrons.